The molecule has 0 aromatic heterocycles. The summed E-state index contributed by atoms with van der Waals surface area (Å²) in [6, 6.07) is 5.80. The first-order valence-electron chi connectivity index (χ1n) is 8.67. The Kier molecular flexibility index (Phi) is 6.73. The molecule has 0 bridgehead atoms. The predicted octanol–water partition coefficient (Wildman–Crippen LogP) is 3.97. The molecule has 132 valence electrons. The number of nitrogens with zero attached hydrogens (tertiary/aromatic N) is 2. The number of hydrogen-bond donors (Lipinski definition) is 0. The van der Waals surface area contributed by atoms with Crippen molar-refractivity contribution >= 4 is 40.9 Å². The zero-order chi connectivity index (χ0) is 16.9. The number of hydrogen-bond acceptors (Lipinski definition) is 3. The summed E-state index contributed by atoms with van der Waals surface area (Å²) in [5.74, 6) is 2.28. The van der Waals surface area contributed by atoms with Crippen LogP contribution in [0.15, 0.2) is 18.2 Å². The number of benzene rings is 1. The van der Waals surface area contributed by atoms with Crippen molar-refractivity contribution < 1.29 is 4.79 Å². The van der Waals surface area contributed by atoms with Crippen LogP contribution in [0, 0.1) is 0 Å². The normalized spacial score (nSPS) is 22.6. The molecule has 3 rings (SSSR count). The fourth-order valence-corrected chi connectivity index (χ4v) is 4.87. The van der Waals surface area contributed by atoms with Crippen molar-refractivity contribution in [1.82, 2.24) is 9.80 Å². The predicted molar refractivity (Wildman–Crippen MR) is 103 cm³/mol. The Morgan fingerprint density at radius 3 is 2.67 bits per heavy atom. The Morgan fingerprint density at radius 2 is 1.92 bits per heavy atom. The first kappa shape index (κ1) is 18.4. The van der Waals surface area contributed by atoms with Crippen molar-refractivity contribution in [3.63, 3.8) is 0 Å². The van der Waals surface area contributed by atoms with Crippen LogP contribution in [-0.2, 0) is 11.2 Å². The SMILES string of the molecule is O=C(Cc1ccc(Cl)c(Cl)c1)N1CCSCC1CN1CCCCC1. The molecule has 2 aliphatic heterocycles. The van der Waals surface area contributed by atoms with Crippen molar-refractivity contribution in [2.24, 2.45) is 0 Å². The van der Waals surface area contributed by atoms with Gasteiger partial charge in [-0.2, -0.15) is 11.8 Å². The standard InChI is InChI=1S/C18H24Cl2N2OS/c19-16-5-4-14(10-17(16)20)11-18(23)22-8-9-24-13-15(22)12-21-6-2-1-3-7-21/h4-5,10,15H,1-3,6-9,11-13H2. The van der Waals surface area contributed by atoms with E-state index in [4.69, 9.17) is 23.2 Å². The van der Waals surface area contributed by atoms with Gasteiger partial charge in [0.1, 0.15) is 0 Å². The highest BCUT2D eigenvalue weighted by Gasteiger charge is 2.29. The van der Waals surface area contributed by atoms with Crippen LogP contribution in [0.1, 0.15) is 24.8 Å². The van der Waals surface area contributed by atoms with Gasteiger partial charge < -0.3 is 9.80 Å². The number of halogens is 2. The van der Waals surface area contributed by atoms with Gasteiger partial charge in [-0.15, -0.1) is 0 Å². The van der Waals surface area contributed by atoms with Crippen LogP contribution in [0.25, 0.3) is 0 Å². The Morgan fingerprint density at radius 1 is 1.12 bits per heavy atom. The van der Waals surface area contributed by atoms with Crippen LogP contribution < -0.4 is 0 Å². The lowest BCUT2D eigenvalue weighted by Crippen LogP contribution is -2.52. The molecule has 1 unspecified atom stereocenters. The first-order chi connectivity index (χ1) is 11.6. The maximum Gasteiger partial charge on any atom is 0.227 e. The third-order valence-corrected chi connectivity index (χ3v) is 6.64. The minimum atomic E-state index is 0.204. The van der Waals surface area contributed by atoms with E-state index >= 15 is 0 Å². The van der Waals surface area contributed by atoms with E-state index in [1.165, 1.54) is 32.4 Å². The van der Waals surface area contributed by atoms with Crippen LogP contribution in [-0.4, -0.2) is 59.4 Å². The number of thioether (sulfide) groups is 1. The molecule has 3 nitrogen and oxygen atoms in total. The van der Waals surface area contributed by atoms with Crippen LogP contribution >= 0.6 is 35.0 Å². The minimum Gasteiger partial charge on any atom is -0.336 e. The van der Waals surface area contributed by atoms with E-state index in [1.54, 1.807) is 12.1 Å². The first-order valence-corrected chi connectivity index (χ1v) is 10.6. The average Bonchev–Trinajstić information content (AvgIpc) is 2.59. The molecule has 0 saturated carbocycles. The summed E-state index contributed by atoms with van der Waals surface area (Å²) >= 11 is 14.0. The molecule has 1 amide bonds. The second kappa shape index (κ2) is 8.79. The summed E-state index contributed by atoms with van der Waals surface area (Å²) in [5, 5.41) is 1.05. The summed E-state index contributed by atoms with van der Waals surface area (Å²) < 4.78 is 0. The van der Waals surface area contributed by atoms with Gasteiger partial charge in [0.05, 0.1) is 22.5 Å². The van der Waals surface area contributed by atoms with Gasteiger partial charge in [0.2, 0.25) is 5.91 Å². The van der Waals surface area contributed by atoms with Crippen LogP contribution in [0.3, 0.4) is 0 Å². The minimum absolute atomic E-state index is 0.204. The number of amides is 1. The van der Waals surface area contributed by atoms with Gasteiger partial charge >= 0.3 is 0 Å². The highest BCUT2D eigenvalue weighted by Crippen LogP contribution is 2.24. The molecule has 1 atom stereocenters. The Balaban J connectivity index is 1.62. The van der Waals surface area contributed by atoms with Crippen LogP contribution in [0.4, 0.5) is 0 Å². The summed E-state index contributed by atoms with van der Waals surface area (Å²) in [6.45, 7) is 4.22. The number of piperidine rings is 1. The van der Waals surface area contributed by atoms with E-state index in [0.29, 0.717) is 22.5 Å². The molecule has 2 fully saturated rings. The number of carbonyl (C=O) groups is 1. The van der Waals surface area contributed by atoms with Gasteiger partial charge in [-0.1, -0.05) is 35.7 Å². The summed E-state index contributed by atoms with van der Waals surface area (Å²) in [7, 11) is 0. The van der Waals surface area contributed by atoms with Crippen LogP contribution in [0.2, 0.25) is 10.0 Å². The molecule has 0 spiro atoms. The Hall–Kier alpha value is -0.420. The van der Waals surface area contributed by atoms with Gasteiger partial charge in [-0.3, -0.25) is 4.79 Å². The lowest BCUT2D eigenvalue weighted by Gasteiger charge is -2.39. The van der Waals surface area contributed by atoms with Crippen LogP contribution in [0.5, 0.6) is 0 Å². The van der Waals surface area contributed by atoms with Gasteiger partial charge in [0.15, 0.2) is 0 Å². The second-order valence-electron chi connectivity index (χ2n) is 6.60. The molecule has 1 aromatic carbocycles. The fraction of sp³-hybridized carbons (Fsp3) is 0.611. The highest BCUT2D eigenvalue weighted by atomic mass is 35.5. The molecule has 2 aliphatic rings. The topological polar surface area (TPSA) is 23.6 Å². The molecule has 2 heterocycles. The third-order valence-electron chi connectivity index (χ3n) is 4.80. The third kappa shape index (κ3) is 4.81. The van der Waals surface area contributed by atoms with Gasteiger partial charge in [0.25, 0.3) is 0 Å². The van der Waals surface area contributed by atoms with Crippen molar-refractivity contribution in [2.45, 2.75) is 31.7 Å². The molecule has 2 saturated heterocycles. The molecule has 1 aromatic rings. The van der Waals surface area contributed by atoms with Crippen molar-refractivity contribution in [3.8, 4) is 0 Å². The Labute approximate surface area is 158 Å². The van der Waals surface area contributed by atoms with E-state index in [0.717, 1.165) is 30.2 Å². The van der Waals surface area contributed by atoms with Gasteiger partial charge in [-0.05, 0) is 43.6 Å². The smallest absolute Gasteiger partial charge is 0.227 e. The number of rotatable bonds is 4. The average molecular weight is 387 g/mol. The second-order valence-corrected chi connectivity index (χ2v) is 8.57. The van der Waals surface area contributed by atoms with E-state index in [-0.39, 0.29) is 5.91 Å². The zero-order valence-corrected chi connectivity index (χ0v) is 16.2. The van der Waals surface area contributed by atoms with E-state index in [9.17, 15) is 4.79 Å². The molecule has 0 aliphatic carbocycles. The largest absolute Gasteiger partial charge is 0.336 e. The quantitative estimate of drug-likeness (QED) is 0.781. The van der Waals surface area contributed by atoms with E-state index < -0.39 is 0 Å². The lowest BCUT2D eigenvalue weighted by atomic mass is 10.1. The number of carbonyl (C=O) groups excluding carboxylic acids is 1. The summed E-state index contributed by atoms with van der Waals surface area (Å²) in [4.78, 5) is 17.5. The maximum absolute atomic E-state index is 12.8. The van der Waals surface area contributed by atoms with Crippen molar-refractivity contribution in [3.05, 3.63) is 33.8 Å². The summed E-state index contributed by atoms with van der Waals surface area (Å²) in [5.41, 5.74) is 0.935. The monoisotopic (exact) mass is 386 g/mol. The molecule has 0 N–H and O–H groups in total. The maximum atomic E-state index is 12.8. The summed E-state index contributed by atoms with van der Waals surface area (Å²) in [6.07, 6.45) is 4.32. The van der Waals surface area contributed by atoms with E-state index in [2.05, 4.69) is 9.80 Å². The molecule has 24 heavy (non-hydrogen) atoms. The molecule has 6 heteroatoms. The van der Waals surface area contributed by atoms with Crippen molar-refractivity contribution in [2.75, 3.05) is 37.7 Å². The highest BCUT2D eigenvalue weighted by molar-refractivity contribution is 7.99. The molecular weight excluding hydrogens is 363 g/mol. The van der Waals surface area contributed by atoms with Crippen molar-refractivity contribution in [1.29, 1.82) is 0 Å². The van der Waals surface area contributed by atoms with Gasteiger partial charge in [0, 0.05) is 24.6 Å². The van der Waals surface area contributed by atoms with E-state index in [1.807, 2.05) is 17.8 Å². The van der Waals surface area contributed by atoms with Gasteiger partial charge in [-0.25, -0.2) is 0 Å². The Bertz CT molecular complexity index is 578. The number of likely N-dealkylation sites (tertiary alicyclic amines) is 1. The lowest BCUT2D eigenvalue weighted by molar-refractivity contribution is -0.132. The zero-order valence-electron chi connectivity index (χ0n) is 13.8. The molecule has 0 radical (unpaired) electrons. The fourth-order valence-electron chi connectivity index (χ4n) is 3.50. The molecular formula is C18H24Cl2N2OS.